The standard InChI is InChI=1S/C17H16Cl2O3/c1-10(2)13-8-12(4-5-16(13)21-3)22-17-14(18)6-11(9-20)7-15(17)19/h4-10H,1-3H3. The van der Waals surface area contributed by atoms with Crippen molar-refractivity contribution >= 4 is 29.5 Å². The van der Waals surface area contributed by atoms with Crippen molar-refractivity contribution in [3.8, 4) is 17.2 Å². The molecule has 0 aromatic heterocycles. The number of rotatable bonds is 5. The second-order valence-electron chi connectivity index (χ2n) is 5.09. The molecular formula is C17H16Cl2O3. The number of carbonyl (C=O) groups is 1. The van der Waals surface area contributed by atoms with Gasteiger partial charge in [-0.1, -0.05) is 37.0 Å². The van der Waals surface area contributed by atoms with Gasteiger partial charge in [0.25, 0.3) is 0 Å². The molecule has 0 N–H and O–H groups in total. The number of hydrogen-bond donors (Lipinski definition) is 0. The zero-order chi connectivity index (χ0) is 16.3. The highest BCUT2D eigenvalue weighted by atomic mass is 35.5. The summed E-state index contributed by atoms with van der Waals surface area (Å²) < 4.78 is 11.1. The van der Waals surface area contributed by atoms with Crippen LogP contribution in [0.15, 0.2) is 30.3 Å². The molecule has 2 rings (SSSR count). The van der Waals surface area contributed by atoms with Crippen molar-refractivity contribution in [2.45, 2.75) is 19.8 Å². The highest BCUT2D eigenvalue weighted by Crippen LogP contribution is 2.39. The van der Waals surface area contributed by atoms with Crippen LogP contribution >= 0.6 is 23.2 Å². The predicted octanol–water partition coefficient (Wildman–Crippen LogP) is 5.73. The summed E-state index contributed by atoms with van der Waals surface area (Å²) in [5.74, 6) is 2.01. The molecule has 0 saturated carbocycles. The van der Waals surface area contributed by atoms with E-state index in [0.717, 1.165) is 11.3 Å². The minimum atomic E-state index is 0.280. The lowest BCUT2D eigenvalue weighted by atomic mass is 10.0. The molecule has 116 valence electrons. The van der Waals surface area contributed by atoms with Gasteiger partial charge in [0.15, 0.2) is 5.75 Å². The molecule has 0 aliphatic heterocycles. The molecule has 3 nitrogen and oxygen atoms in total. The SMILES string of the molecule is COc1ccc(Oc2c(Cl)cc(C=O)cc2Cl)cc1C(C)C. The predicted molar refractivity (Wildman–Crippen MR) is 89.0 cm³/mol. The second-order valence-corrected chi connectivity index (χ2v) is 5.91. The van der Waals surface area contributed by atoms with Gasteiger partial charge in [-0.3, -0.25) is 4.79 Å². The van der Waals surface area contributed by atoms with E-state index in [1.165, 1.54) is 12.1 Å². The average Bonchev–Trinajstić information content (AvgIpc) is 2.50. The van der Waals surface area contributed by atoms with Crippen molar-refractivity contribution in [2.24, 2.45) is 0 Å². The summed E-state index contributed by atoms with van der Waals surface area (Å²) in [4.78, 5) is 10.8. The largest absolute Gasteiger partial charge is 0.496 e. The van der Waals surface area contributed by atoms with Gasteiger partial charge in [0.1, 0.15) is 17.8 Å². The van der Waals surface area contributed by atoms with Gasteiger partial charge in [0, 0.05) is 11.1 Å². The molecule has 0 aliphatic rings. The average molecular weight is 339 g/mol. The topological polar surface area (TPSA) is 35.5 Å². The van der Waals surface area contributed by atoms with Crippen LogP contribution in [0, 0.1) is 0 Å². The van der Waals surface area contributed by atoms with E-state index in [2.05, 4.69) is 13.8 Å². The van der Waals surface area contributed by atoms with Crippen LogP contribution in [-0.2, 0) is 0 Å². The van der Waals surface area contributed by atoms with Gasteiger partial charge >= 0.3 is 0 Å². The molecule has 0 spiro atoms. The maximum absolute atomic E-state index is 10.8. The second kappa shape index (κ2) is 7.03. The van der Waals surface area contributed by atoms with E-state index in [4.69, 9.17) is 32.7 Å². The van der Waals surface area contributed by atoms with Crippen LogP contribution in [0.3, 0.4) is 0 Å². The summed E-state index contributed by atoms with van der Waals surface area (Å²) in [5.41, 5.74) is 1.43. The number of methoxy groups -OCH3 is 1. The first kappa shape index (κ1) is 16.7. The fourth-order valence-electron chi connectivity index (χ4n) is 2.09. The lowest BCUT2D eigenvalue weighted by molar-refractivity contribution is 0.112. The zero-order valence-corrected chi connectivity index (χ0v) is 14.0. The minimum absolute atomic E-state index is 0.280. The molecule has 0 aliphatic carbocycles. The molecule has 2 aromatic carbocycles. The van der Waals surface area contributed by atoms with Gasteiger partial charge in [-0.2, -0.15) is 0 Å². The number of hydrogen-bond acceptors (Lipinski definition) is 3. The molecule has 5 heteroatoms. The molecule has 0 unspecified atom stereocenters. The van der Waals surface area contributed by atoms with Gasteiger partial charge < -0.3 is 9.47 Å². The van der Waals surface area contributed by atoms with Crippen molar-refractivity contribution in [2.75, 3.05) is 7.11 Å². The van der Waals surface area contributed by atoms with Gasteiger partial charge in [0.2, 0.25) is 0 Å². The molecule has 22 heavy (non-hydrogen) atoms. The summed E-state index contributed by atoms with van der Waals surface area (Å²) in [6, 6.07) is 8.55. The molecule has 0 radical (unpaired) electrons. The highest BCUT2D eigenvalue weighted by Gasteiger charge is 2.13. The molecule has 0 saturated heterocycles. The van der Waals surface area contributed by atoms with Crippen LogP contribution in [0.2, 0.25) is 10.0 Å². The quantitative estimate of drug-likeness (QED) is 0.653. The Balaban J connectivity index is 2.39. The van der Waals surface area contributed by atoms with Crippen LogP contribution in [0.4, 0.5) is 0 Å². The monoisotopic (exact) mass is 338 g/mol. The molecule has 0 fully saturated rings. The van der Waals surface area contributed by atoms with E-state index in [1.807, 2.05) is 12.1 Å². The van der Waals surface area contributed by atoms with Gasteiger partial charge in [-0.05, 0) is 36.2 Å². The van der Waals surface area contributed by atoms with Gasteiger partial charge in [-0.25, -0.2) is 0 Å². The van der Waals surface area contributed by atoms with Gasteiger partial charge in [-0.15, -0.1) is 0 Å². The molecular weight excluding hydrogens is 323 g/mol. The molecule has 0 heterocycles. The van der Waals surface area contributed by atoms with Crippen molar-refractivity contribution < 1.29 is 14.3 Å². The van der Waals surface area contributed by atoms with Crippen molar-refractivity contribution in [1.29, 1.82) is 0 Å². The van der Waals surface area contributed by atoms with Gasteiger partial charge in [0.05, 0.1) is 17.2 Å². The number of aldehydes is 1. The van der Waals surface area contributed by atoms with Crippen molar-refractivity contribution in [1.82, 2.24) is 0 Å². The zero-order valence-electron chi connectivity index (χ0n) is 12.5. The normalized spacial score (nSPS) is 10.6. The maximum atomic E-state index is 10.8. The summed E-state index contributed by atoms with van der Waals surface area (Å²) in [7, 11) is 1.63. The first-order chi connectivity index (χ1) is 10.5. The minimum Gasteiger partial charge on any atom is -0.496 e. The Bertz CT molecular complexity index is 673. The molecule has 0 bridgehead atoms. The van der Waals surface area contributed by atoms with Crippen LogP contribution < -0.4 is 9.47 Å². The summed E-state index contributed by atoms with van der Waals surface area (Å²) in [6.45, 7) is 4.14. The summed E-state index contributed by atoms with van der Waals surface area (Å²) in [6.07, 6.45) is 0.686. The third-order valence-electron chi connectivity index (χ3n) is 3.20. The number of halogens is 2. The first-order valence-electron chi connectivity index (χ1n) is 6.76. The van der Waals surface area contributed by atoms with E-state index >= 15 is 0 Å². The fourth-order valence-corrected chi connectivity index (χ4v) is 2.67. The summed E-state index contributed by atoms with van der Waals surface area (Å²) >= 11 is 12.3. The lowest BCUT2D eigenvalue weighted by Crippen LogP contribution is -1.96. The fraction of sp³-hybridized carbons (Fsp3) is 0.235. The van der Waals surface area contributed by atoms with Crippen molar-refractivity contribution in [3.63, 3.8) is 0 Å². The molecule has 0 amide bonds. The lowest BCUT2D eigenvalue weighted by Gasteiger charge is -2.15. The van der Waals surface area contributed by atoms with E-state index in [1.54, 1.807) is 13.2 Å². The Morgan fingerprint density at radius 1 is 1.09 bits per heavy atom. The van der Waals surface area contributed by atoms with Crippen LogP contribution in [0.1, 0.15) is 35.7 Å². The maximum Gasteiger partial charge on any atom is 0.164 e. The number of carbonyl (C=O) groups excluding carboxylic acids is 1. The van der Waals surface area contributed by atoms with Crippen LogP contribution in [-0.4, -0.2) is 13.4 Å². The molecule has 2 aromatic rings. The highest BCUT2D eigenvalue weighted by molar-refractivity contribution is 6.37. The van der Waals surface area contributed by atoms with E-state index < -0.39 is 0 Å². The number of benzene rings is 2. The summed E-state index contributed by atoms with van der Waals surface area (Å²) in [5, 5.41) is 0.577. The Morgan fingerprint density at radius 2 is 1.73 bits per heavy atom. The first-order valence-corrected chi connectivity index (χ1v) is 7.52. The van der Waals surface area contributed by atoms with Crippen molar-refractivity contribution in [3.05, 3.63) is 51.5 Å². The van der Waals surface area contributed by atoms with E-state index in [-0.39, 0.29) is 16.0 Å². The Labute approximate surface area is 139 Å². The van der Waals surface area contributed by atoms with Crippen LogP contribution in [0.5, 0.6) is 17.2 Å². The molecule has 0 atom stereocenters. The third-order valence-corrected chi connectivity index (χ3v) is 3.76. The Morgan fingerprint density at radius 3 is 2.23 bits per heavy atom. The Kier molecular flexibility index (Phi) is 5.33. The smallest absolute Gasteiger partial charge is 0.164 e. The van der Waals surface area contributed by atoms with Crippen LogP contribution in [0.25, 0.3) is 0 Å². The third kappa shape index (κ3) is 3.54. The number of ether oxygens (including phenoxy) is 2. The van der Waals surface area contributed by atoms with E-state index in [0.29, 0.717) is 23.3 Å². The Hall–Kier alpha value is -1.71. The van der Waals surface area contributed by atoms with E-state index in [9.17, 15) is 4.79 Å².